The first-order valence-electron chi connectivity index (χ1n) is 38.9. The van der Waals surface area contributed by atoms with Crippen LogP contribution in [0.5, 0.6) is 0 Å². The molecule has 0 atom stereocenters. The van der Waals surface area contributed by atoms with E-state index in [4.69, 9.17) is 0 Å². The van der Waals surface area contributed by atoms with Gasteiger partial charge in [0, 0.05) is 75.6 Å². The number of benzene rings is 11. The number of rotatable bonds is 13. The van der Waals surface area contributed by atoms with E-state index in [1.54, 1.807) is 37.2 Å². The predicted molar refractivity (Wildman–Crippen MR) is 490 cm³/mol. The Labute approximate surface area is 765 Å². The van der Waals surface area contributed by atoms with E-state index in [0.717, 1.165) is 112 Å². The van der Waals surface area contributed by atoms with Crippen molar-refractivity contribution in [2.45, 2.75) is 27.7 Å². The van der Waals surface area contributed by atoms with Gasteiger partial charge in [-0.3, -0.25) is 4.39 Å². The van der Waals surface area contributed by atoms with E-state index >= 15 is 0 Å². The molecule has 607 valence electrons. The molecule has 0 unspecified atom stereocenters. The van der Waals surface area contributed by atoms with Crippen molar-refractivity contribution < 1.29 is 64.7 Å². The van der Waals surface area contributed by atoms with E-state index in [1.165, 1.54) is 27.8 Å². The summed E-state index contributed by atoms with van der Waals surface area (Å²) in [6.07, 6.45) is 13.0. The molecule has 0 spiro atoms. The Morgan fingerprint density at radius 2 is 0.480 bits per heavy atom. The van der Waals surface area contributed by atoms with Crippen molar-refractivity contribution in [3.63, 3.8) is 0 Å². The maximum absolute atomic E-state index is 12.3. The van der Waals surface area contributed by atoms with Crippen LogP contribution in [0.25, 0.3) is 123 Å². The molecule has 0 aliphatic carbocycles. The zero-order valence-electron chi connectivity index (χ0n) is 67.0. The third-order valence-corrected chi connectivity index (χ3v) is 17.9. The topological polar surface area (TPSA) is 103 Å². The number of pyridine rings is 8. The molecule has 0 N–H and O–H groups in total. The standard InChI is InChI=1S/C19H15FN.C18H14N.C17H12N.C12H10N.4C11H8N.CH4.3Ir/c20-12-11-15-7-9-16(10-8-15)17-4-3-5-18(14-17)19-6-1-2-13-21-19;1-14-8-10-15(11-9-14)16-5-4-6-17(13-16)18-7-2-3-12-19-18;1-2-7-14(8-3-1)15-9-6-10-16(13-15)17-11-4-5-12-18-17;1-10-6-5-9-12(13-10)11-7-3-2-4-8-11;4*1-2-6-10(7-3-1)11-8-4-5-9-12-11;;;;/h1-4,6-10,13-14H,11-12H2;2-5,7-13H,1H3;1-9,11-13H;2-7,9H,1H3;4*1-6,8-9H;1H4;;;/q8*-1;;;2*+3. The normalized spacial score (nSPS) is 9.72. The molecule has 0 fully saturated rings. The number of aromatic nitrogens is 8. The van der Waals surface area contributed by atoms with Crippen molar-refractivity contribution in [1.82, 2.24) is 39.9 Å². The number of alkyl halides is 1. The van der Waals surface area contributed by atoms with Crippen molar-refractivity contribution in [3.05, 3.63) is 509 Å². The molecule has 0 amide bonds. The Balaban J connectivity index is 0.000000175. The summed E-state index contributed by atoms with van der Waals surface area (Å²) in [5.74, 6) is 0. The smallest absolute Gasteiger partial charge is 0.305 e. The summed E-state index contributed by atoms with van der Waals surface area (Å²) >= 11 is 0. The zero-order chi connectivity index (χ0) is 81.8. The van der Waals surface area contributed by atoms with Crippen LogP contribution in [0.1, 0.15) is 24.2 Å². The molecule has 19 aromatic rings. The molecule has 0 aliphatic rings. The first-order valence-corrected chi connectivity index (χ1v) is 38.9. The van der Waals surface area contributed by atoms with E-state index in [2.05, 4.69) is 162 Å². The zero-order valence-corrected chi connectivity index (χ0v) is 74.2. The largest absolute Gasteiger partial charge is 3.00 e. The summed E-state index contributed by atoms with van der Waals surface area (Å²) in [5, 5.41) is 0. The van der Waals surface area contributed by atoms with Crippen molar-refractivity contribution in [1.29, 1.82) is 0 Å². The van der Waals surface area contributed by atoms with E-state index < -0.39 is 0 Å². The fraction of sp³-hybridized carbons (Fsp3) is 0.0450. The molecular weight excluding hydrogens is 2040 g/mol. The number of hydrogen-bond donors (Lipinski definition) is 0. The minimum atomic E-state index is -0.316. The molecule has 0 saturated carbocycles. The van der Waals surface area contributed by atoms with Gasteiger partial charge in [-0.15, -0.1) is 286 Å². The second-order valence-electron chi connectivity index (χ2n) is 26.4. The Kier molecular flexibility index (Phi) is 41.6. The third-order valence-electron chi connectivity index (χ3n) is 17.9. The summed E-state index contributed by atoms with van der Waals surface area (Å²) in [4.78, 5) is 34.4. The number of halogens is 1. The molecule has 11 aromatic carbocycles. The van der Waals surface area contributed by atoms with Gasteiger partial charge in [0.05, 0.1) is 6.67 Å². The minimum Gasteiger partial charge on any atom is -0.305 e. The molecule has 1 radical (unpaired) electrons. The van der Waals surface area contributed by atoms with Crippen LogP contribution in [0.15, 0.2) is 444 Å². The van der Waals surface area contributed by atoms with Gasteiger partial charge in [-0.1, -0.05) is 189 Å². The first-order chi connectivity index (χ1) is 58.8. The van der Waals surface area contributed by atoms with Crippen molar-refractivity contribution in [2.24, 2.45) is 0 Å². The maximum Gasteiger partial charge on any atom is 3.00 e. The van der Waals surface area contributed by atoms with E-state index in [9.17, 15) is 4.39 Å². The second kappa shape index (κ2) is 53.9. The molecule has 19 rings (SSSR count). The second-order valence-corrected chi connectivity index (χ2v) is 26.4. The van der Waals surface area contributed by atoms with E-state index in [-0.39, 0.29) is 74.4 Å². The molecule has 0 aliphatic heterocycles. The van der Waals surface area contributed by atoms with Gasteiger partial charge in [0.2, 0.25) is 0 Å². The average Bonchev–Trinajstić information content (AvgIpc) is 0.825. The van der Waals surface area contributed by atoms with Gasteiger partial charge in [0.25, 0.3) is 0 Å². The predicted octanol–water partition coefficient (Wildman–Crippen LogP) is 27.1. The Morgan fingerprint density at radius 3 is 0.748 bits per heavy atom. The molecular formula is C111H87FIr3N8-2. The van der Waals surface area contributed by atoms with Crippen molar-refractivity contribution in [3.8, 4) is 123 Å². The summed E-state index contributed by atoms with van der Waals surface area (Å²) in [5.41, 5.74) is 26.3. The van der Waals surface area contributed by atoms with Crippen LogP contribution in [-0.2, 0) is 66.7 Å². The Bertz CT molecular complexity index is 5500. The average molecular weight is 2130 g/mol. The molecule has 0 saturated heterocycles. The van der Waals surface area contributed by atoms with Crippen LogP contribution in [0.4, 0.5) is 4.39 Å². The Hall–Kier alpha value is -13.5. The maximum atomic E-state index is 12.3. The van der Waals surface area contributed by atoms with Gasteiger partial charge in [0.1, 0.15) is 0 Å². The molecule has 8 nitrogen and oxygen atoms in total. The first kappa shape index (κ1) is 95.0. The monoisotopic (exact) mass is 2130 g/mol. The number of hydrogen-bond acceptors (Lipinski definition) is 8. The van der Waals surface area contributed by atoms with Gasteiger partial charge in [0.15, 0.2) is 0 Å². The SMILES string of the molecule is C.Cc1ccc(-c2cc[c-]c(-c3ccccn3)c2)cc1.Cc1cccc(-c2[c-]cccc2)n1.FCCc1ccc(-c2cc[c-]c(-c3ccccn3)c2)cc1.[Ir+3].[Ir+3].[Ir].[c-]1ccc(-c2ccccc2)cc1-c1ccccn1.[c-]1ccccc1-c1ccccn1.[c-]1ccccc1-c1ccccn1.[c-]1ccccc1-c1ccccn1.[c-]1ccccc1-c1ccccn1. The van der Waals surface area contributed by atoms with Crippen LogP contribution in [0.2, 0.25) is 0 Å². The summed E-state index contributed by atoms with van der Waals surface area (Å²) in [6, 6.07) is 157. The number of nitrogens with zero attached hydrogens (tertiary/aromatic N) is 8. The Morgan fingerprint density at radius 1 is 0.228 bits per heavy atom. The van der Waals surface area contributed by atoms with E-state index in [1.807, 2.05) is 347 Å². The summed E-state index contributed by atoms with van der Waals surface area (Å²) in [7, 11) is 0. The van der Waals surface area contributed by atoms with Gasteiger partial charge in [-0.25, -0.2) is 0 Å². The molecule has 8 heterocycles. The van der Waals surface area contributed by atoms with Gasteiger partial charge in [-0.05, 0) is 130 Å². The summed E-state index contributed by atoms with van der Waals surface area (Å²) in [6.45, 7) is 3.78. The summed E-state index contributed by atoms with van der Waals surface area (Å²) < 4.78 is 12.3. The third kappa shape index (κ3) is 31.5. The molecule has 0 bridgehead atoms. The van der Waals surface area contributed by atoms with Crippen molar-refractivity contribution in [2.75, 3.05) is 6.67 Å². The minimum absolute atomic E-state index is 0. The van der Waals surface area contributed by atoms with Crippen LogP contribution in [0, 0.1) is 62.4 Å². The van der Waals surface area contributed by atoms with Crippen LogP contribution >= 0.6 is 0 Å². The van der Waals surface area contributed by atoms with Gasteiger partial charge < -0.3 is 39.9 Å². The fourth-order valence-electron chi connectivity index (χ4n) is 11.8. The molecule has 123 heavy (non-hydrogen) atoms. The quantitative estimate of drug-likeness (QED) is 0.105. The number of aryl methyl sites for hydroxylation is 3. The molecule has 8 aromatic heterocycles. The van der Waals surface area contributed by atoms with E-state index in [0.29, 0.717) is 6.42 Å². The van der Waals surface area contributed by atoms with Crippen LogP contribution in [0.3, 0.4) is 0 Å². The van der Waals surface area contributed by atoms with Crippen LogP contribution in [-0.4, -0.2) is 46.5 Å². The molecule has 12 heteroatoms. The van der Waals surface area contributed by atoms with Gasteiger partial charge in [-0.2, -0.15) is 0 Å². The van der Waals surface area contributed by atoms with Crippen molar-refractivity contribution >= 4 is 0 Å². The van der Waals surface area contributed by atoms with Crippen LogP contribution < -0.4 is 0 Å². The fourth-order valence-corrected chi connectivity index (χ4v) is 11.8. The van der Waals surface area contributed by atoms with Gasteiger partial charge >= 0.3 is 40.2 Å².